The van der Waals surface area contributed by atoms with Gasteiger partial charge in [0.2, 0.25) is 0 Å². The van der Waals surface area contributed by atoms with Gasteiger partial charge in [0.05, 0.1) is 5.70 Å². The highest BCUT2D eigenvalue weighted by atomic mass is 14.8. The number of allylic oxidation sites excluding steroid dienone is 1. The predicted molar refractivity (Wildman–Crippen MR) is 46.6 cm³/mol. The monoisotopic (exact) mass is 138 g/mol. The summed E-state index contributed by atoms with van der Waals surface area (Å²) >= 11 is 0. The van der Waals surface area contributed by atoms with Gasteiger partial charge in [0.25, 0.3) is 0 Å². The SMILES string of the molecule is C=N/C(=C\N=C/C)C(C)C. The average Bonchev–Trinajstić information content (AvgIpc) is 1.89. The highest BCUT2D eigenvalue weighted by Crippen LogP contribution is 2.09. The third-order valence-electron chi connectivity index (χ3n) is 1.13. The molecule has 0 bridgehead atoms. The molecule has 0 heterocycles. The highest BCUT2D eigenvalue weighted by molar-refractivity contribution is 5.54. The molecule has 2 nitrogen and oxygen atoms in total. The van der Waals surface area contributed by atoms with Gasteiger partial charge in [0.1, 0.15) is 0 Å². The molecule has 0 aliphatic heterocycles. The zero-order valence-corrected chi connectivity index (χ0v) is 6.83. The molecule has 2 heteroatoms. The zero-order chi connectivity index (χ0) is 7.98. The van der Waals surface area contributed by atoms with E-state index < -0.39 is 0 Å². The van der Waals surface area contributed by atoms with E-state index in [-0.39, 0.29) is 0 Å². The van der Waals surface area contributed by atoms with Crippen molar-refractivity contribution in [1.82, 2.24) is 0 Å². The van der Waals surface area contributed by atoms with E-state index in [1.165, 1.54) is 0 Å². The maximum Gasteiger partial charge on any atom is 0.0603 e. The first-order chi connectivity index (χ1) is 4.72. The van der Waals surface area contributed by atoms with Crippen LogP contribution in [0.15, 0.2) is 21.9 Å². The van der Waals surface area contributed by atoms with E-state index in [9.17, 15) is 0 Å². The van der Waals surface area contributed by atoms with Gasteiger partial charge in [-0.2, -0.15) is 0 Å². The molecular formula is C8H14N2. The van der Waals surface area contributed by atoms with Crippen LogP contribution in [0, 0.1) is 5.92 Å². The summed E-state index contributed by atoms with van der Waals surface area (Å²) in [6.07, 6.45) is 3.46. The Labute approximate surface area is 62.4 Å². The Morgan fingerprint density at radius 2 is 2.10 bits per heavy atom. The molecule has 0 aliphatic carbocycles. The van der Waals surface area contributed by atoms with Crippen molar-refractivity contribution in [3.63, 3.8) is 0 Å². The van der Waals surface area contributed by atoms with Crippen molar-refractivity contribution in [3.8, 4) is 0 Å². The number of aliphatic imine (C=N–C) groups is 2. The molecule has 10 heavy (non-hydrogen) atoms. The van der Waals surface area contributed by atoms with Gasteiger partial charge in [-0.3, -0.25) is 9.98 Å². The summed E-state index contributed by atoms with van der Waals surface area (Å²) in [5.41, 5.74) is 0.929. The second-order valence-electron chi connectivity index (χ2n) is 2.27. The number of hydrogen-bond acceptors (Lipinski definition) is 2. The predicted octanol–water partition coefficient (Wildman–Crippen LogP) is 2.28. The minimum absolute atomic E-state index is 0.404. The van der Waals surface area contributed by atoms with Crippen LogP contribution in [-0.2, 0) is 0 Å². The Hall–Kier alpha value is -0.920. The van der Waals surface area contributed by atoms with E-state index in [1.54, 1.807) is 12.4 Å². The van der Waals surface area contributed by atoms with Crippen molar-refractivity contribution < 1.29 is 0 Å². The summed E-state index contributed by atoms with van der Waals surface area (Å²) in [7, 11) is 0. The van der Waals surface area contributed by atoms with Gasteiger partial charge in [0.15, 0.2) is 0 Å². The Kier molecular flexibility index (Phi) is 4.46. The van der Waals surface area contributed by atoms with E-state index in [1.807, 2.05) is 6.92 Å². The van der Waals surface area contributed by atoms with Gasteiger partial charge in [-0.15, -0.1) is 0 Å². The van der Waals surface area contributed by atoms with Crippen LogP contribution in [0.1, 0.15) is 20.8 Å². The van der Waals surface area contributed by atoms with Crippen LogP contribution in [0.5, 0.6) is 0 Å². The molecule has 0 amide bonds. The average molecular weight is 138 g/mol. The molecule has 0 fully saturated rings. The number of rotatable bonds is 3. The van der Waals surface area contributed by atoms with Crippen molar-refractivity contribution in [1.29, 1.82) is 0 Å². The van der Waals surface area contributed by atoms with E-state index >= 15 is 0 Å². The third-order valence-corrected chi connectivity index (χ3v) is 1.13. The minimum atomic E-state index is 0.404. The third kappa shape index (κ3) is 3.17. The molecule has 0 N–H and O–H groups in total. The van der Waals surface area contributed by atoms with Gasteiger partial charge in [-0.1, -0.05) is 13.8 Å². The zero-order valence-electron chi connectivity index (χ0n) is 6.83. The highest BCUT2D eigenvalue weighted by Gasteiger charge is 1.96. The standard InChI is InChI=1S/C8H14N2/c1-5-10-6-8(9-4)7(2)3/h5-7H,4H2,1-3H3/b8-6-,10-5-. The summed E-state index contributed by atoms with van der Waals surface area (Å²) in [6.45, 7) is 9.44. The van der Waals surface area contributed by atoms with Crippen LogP contribution in [0.2, 0.25) is 0 Å². The van der Waals surface area contributed by atoms with Crippen LogP contribution >= 0.6 is 0 Å². The minimum Gasteiger partial charge on any atom is -0.267 e. The normalized spacial score (nSPS) is 13.0. The molecule has 0 radical (unpaired) electrons. The summed E-state index contributed by atoms with van der Waals surface area (Å²) in [6, 6.07) is 0. The second-order valence-corrected chi connectivity index (χ2v) is 2.27. The number of nitrogens with zero attached hydrogens (tertiary/aromatic N) is 2. The smallest absolute Gasteiger partial charge is 0.0603 e. The quantitative estimate of drug-likeness (QED) is 0.534. The Bertz CT molecular complexity index is 155. The van der Waals surface area contributed by atoms with Crippen molar-refractivity contribution >= 4 is 12.9 Å². The summed E-state index contributed by atoms with van der Waals surface area (Å²) in [5, 5.41) is 0. The van der Waals surface area contributed by atoms with Crippen molar-refractivity contribution in [2.75, 3.05) is 0 Å². The lowest BCUT2D eigenvalue weighted by atomic mass is 10.1. The van der Waals surface area contributed by atoms with Gasteiger partial charge < -0.3 is 0 Å². The Morgan fingerprint density at radius 3 is 2.40 bits per heavy atom. The molecule has 0 aromatic heterocycles. The molecular weight excluding hydrogens is 124 g/mol. The van der Waals surface area contributed by atoms with Crippen LogP contribution in [0.4, 0.5) is 0 Å². The van der Waals surface area contributed by atoms with Crippen LogP contribution in [0.25, 0.3) is 0 Å². The topological polar surface area (TPSA) is 24.7 Å². The fourth-order valence-corrected chi connectivity index (χ4v) is 0.523. The maximum absolute atomic E-state index is 3.94. The Balaban J connectivity index is 4.18. The molecule has 0 rings (SSSR count). The summed E-state index contributed by atoms with van der Waals surface area (Å²) in [5.74, 6) is 0.404. The van der Waals surface area contributed by atoms with Crippen LogP contribution in [-0.4, -0.2) is 12.9 Å². The summed E-state index contributed by atoms with van der Waals surface area (Å²) in [4.78, 5) is 7.77. The van der Waals surface area contributed by atoms with Gasteiger partial charge in [0, 0.05) is 12.4 Å². The maximum atomic E-state index is 3.94. The van der Waals surface area contributed by atoms with Crippen molar-refractivity contribution in [3.05, 3.63) is 11.9 Å². The summed E-state index contributed by atoms with van der Waals surface area (Å²) < 4.78 is 0. The van der Waals surface area contributed by atoms with E-state index in [4.69, 9.17) is 0 Å². The Morgan fingerprint density at radius 1 is 1.50 bits per heavy atom. The first-order valence-corrected chi connectivity index (χ1v) is 3.37. The van der Waals surface area contributed by atoms with Gasteiger partial charge in [-0.25, -0.2) is 0 Å². The first kappa shape index (κ1) is 9.08. The van der Waals surface area contributed by atoms with Gasteiger partial charge in [-0.05, 0) is 19.6 Å². The van der Waals surface area contributed by atoms with Crippen molar-refractivity contribution in [2.24, 2.45) is 15.9 Å². The molecule has 0 aliphatic rings. The molecule has 0 aromatic rings. The van der Waals surface area contributed by atoms with E-state index in [0.717, 1.165) is 5.70 Å². The fraction of sp³-hybridized carbons (Fsp3) is 0.500. The van der Waals surface area contributed by atoms with Gasteiger partial charge >= 0.3 is 0 Å². The molecule has 0 saturated carbocycles. The largest absolute Gasteiger partial charge is 0.267 e. The fourth-order valence-electron chi connectivity index (χ4n) is 0.523. The molecule has 0 spiro atoms. The molecule has 0 atom stereocenters. The molecule has 56 valence electrons. The second kappa shape index (κ2) is 4.91. The van der Waals surface area contributed by atoms with Crippen molar-refractivity contribution in [2.45, 2.75) is 20.8 Å². The lowest BCUT2D eigenvalue weighted by molar-refractivity contribution is 0.757. The van der Waals surface area contributed by atoms with E-state index in [2.05, 4.69) is 30.5 Å². The first-order valence-electron chi connectivity index (χ1n) is 3.37. The molecule has 0 saturated heterocycles. The number of hydrogen-bond donors (Lipinski definition) is 0. The lowest BCUT2D eigenvalue weighted by Gasteiger charge is -2.01. The lowest BCUT2D eigenvalue weighted by Crippen LogP contribution is -1.88. The molecule has 0 unspecified atom stereocenters. The molecule has 0 aromatic carbocycles. The van der Waals surface area contributed by atoms with Crippen LogP contribution in [0.3, 0.4) is 0 Å². The van der Waals surface area contributed by atoms with Crippen LogP contribution < -0.4 is 0 Å². The van der Waals surface area contributed by atoms with E-state index in [0.29, 0.717) is 5.92 Å².